The van der Waals surface area contributed by atoms with Gasteiger partial charge >= 0.3 is 6.18 Å². The number of carbonyl (C=O) groups excluding carboxylic acids is 1. The maximum absolute atomic E-state index is 12.1. The van der Waals surface area contributed by atoms with E-state index in [-0.39, 0.29) is 17.9 Å². The molecule has 2 nitrogen and oxygen atoms in total. The molecule has 0 unspecified atom stereocenters. The van der Waals surface area contributed by atoms with Crippen molar-refractivity contribution >= 4 is 11.9 Å². The Kier molecular flexibility index (Phi) is 4.31. The Morgan fingerprint density at radius 3 is 2.29 bits per heavy atom. The zero-order valence-corrected chi connectivity index (χ0v) is 9.12. The summed E-state index contributed by atoms with van der Waals surface area (Å²) in [6, 6.07) is 5.87. The van der Waals surface area contributed by atoms with Crippen LogP contribution in [0.25, 0.3) is 5.57 Å². The van der Waals surface area contributed by atoms with Crippen molar-refractivity contribution in [1.29, 1.82) is 0 Å². The normalized spacial score (nSPS) is 12.4. The van der Waals surface area contributed by atoms with Crippen molar-refractivity contribution in [2.75, 3.05) is 6.61 Å². The monoisotopic (exact) mass is 244 g/mol. The zero-order valence-electron chi connectivity index (χ0n) is 9.12. The van der Waals surface area contributed by atoms with E-state index in [2.05, 4.69) is 0 Å². The standard InChI is InChI=1S/C12H11F3O2/c1-2-17-11-5-3-9(4-6-11)10(8-16)7-12(13,14)15/h3-8H,2H2,1H3. The molecule has 0 heterocycles. The number of carbonyl (C=O) groups is 1. The van der Waals surface area contributed by atoms with Crippen LogP contribution >= 0.6 is 0 Å². The summed E-state index contributed by atoms with van der Waals surface area (Å²) in [7, 11) is 0. The van der Waals surface area contributed by atoms with E-state index < -0.39 is 11.7 Å². The van der Waals surface area contributed by atoms with Crippen molar-refractivity contribution in [3.8, 4) is 5.75 Å². The van der Waals surface area contributed by atoms with Crippen LogP contribution in [0.2, 0.25) is 0 Å². The number of aldehydes is 1. The Morgan fingerprint density at radius 1 is 1.29 bits per heavy atom. The average molecular weight is 244 g/mol. The Bertz CT molecular complexity index is 405. The molecule has 0 spiro atoms. The predicted octanol–water partition coefficient (Wildman–Crippen LogP) is 3.23. The third-order valence-corrected chi connectivity index (χ3v) is 1.94. The van der Waals surface area contributed by atoms with Crippen LogP contribution in [-0.4, -0.2) is 19.1 Å². The average Bonchev–Trinajstić information content (AvgIpc) is 2.26. The fourth-order valence-corrected chi connectivity index (χ4v) is 1.27. The number of halogens is 3. The lowest BCUT2D eigenvalue weighted by Crippen LogP contribution is -2.04. The van der Waals surface area contributed by atoms with Crippen LogP contribution in [0.15, 0.2) is 30.3 Å². The van der Waals surface area contributed by atoms with E-state index in [1.54, 1.807) is 6.92 Å². The third kappa shape index (κ3) is 4.30. The van der Waals surface area contributed by atoms with Gasteiger partial charge in [-0.3, -0.25) is 4.79 Å². The minimum atomic E-state index is -4.51. The van der Waals surface area contributed by atoms with Gasteiger partial charge in [0.25, 0.3) is 0 Å². The fourth-order valence-electron chi connectivity index (χ4n) is 1.27. The Labute approximate surface area is 96.7 Å². The smallest absolute Gasteiger partial charge is 0.410 e. The van der Waals surface area contributed by atoms with Gasteiger partial charge < -0.3 is 4.74 Å². The van der Waals surface area contributed by atoms with Crippen LogP contribution in [0, 0.1) is 0 Å². The van der Waals surface area contributed by atoms with Crippen molar-refractivity contribution in [2.45, 2.75) is 13.1 Å². The molecule has 5 heteroatoms. The van der Waals surface area contributed by atoms with E-state index in [0.29, 0.717) is 12.4 Å². The molecule has 92 valence electrons. The zero-order chi connectivity index (χ0) is 12.9. The van der Waals surface area contributed by atoms with Crippen LogP contribution in [-0.2, 0) is 4.79 Å². The van der Waals surface area contributed by atoms with Crippen molar-refractivity contribution in [3.05, 3.63) is 35.9 Å². The lowest BCUT2D eigenvalue weighted by atomic mass is 10.1. The highest BCUT2D eigenvalue weighted by molar-refractivity contribution is 6.07. The summed E-state index contributed by atoms with van der Waals surface area (Å²) in [6.07, 6.45) is -4.34. The summed E-state index contributed by atoms with van der Waals surface area (Å²) in [5.74, 6) is 0.550. The maximum Gasteiger partial charge on any atom is 0.410 e. The first kappa shape index (κ1) is 13.3. The Morgan fingerprint density at radius 2 is 1.88 bits per heavy atom. The minimum Gasteiger partial charge on any atom is -0.494 e. The number of allylic oxidation sites excluding steroid dienone is 2. The number of alkyl halides is 3. The van der Waals surface area contributed by atoms with E-state index in [1.807, 2.05) is 0 Å². The molecular weight excluding hydrogens is 233 g/mol. The molecule has 0 atom stereocenters. The molecular formula is C12H11F3O2. The largest absolute Gasteiger partial charge is 0.494 e. The highest BCUT2D eigenvalue weighted by Gasteiger charge is 2.24. The quantitative estimate of drug-likeness (QED) is 0.600. The summed E-state index contributed by atoms with van der Waals surface area (Å²) in [6.45, 7) is 2.27. The Hall–Kier alpha value is -1.78. The van der Waals surface area contributed by atoms with Crippen LogP contribution in [0.1, 0.15) is 12.5 Å². The molecule has 1 aromatic carbocycles. The maximum atomic E-state index is 12.1. The van der Waals surface area contributed by atoms with Gasteiger partial charge in [-0.25, -0.2) is 0 Å². The lowest BCUT2D eigenvalue weighted by molar-refractivity contribution is -0.104. The fraction of sp³-hybridized carbons (Fsp3) is 0.250. The van der Waals surface area contributed by atoms with Gasteiger partial charge in [0.15, 0.2) is 6.29 Å². The van der Waals surface area contributed by atoms with E-state index >= 15 is 0 Å². The van der Waals surface area contributed by atoms with E-state index in [4.69, 9.17) is 4.74 Å². The first-order chi connectivity index (χ1) is 7.96. The van der Waals surface area contributed by atoms with Gasteiger partial charge in [-0.05, 0) is 24.6 Å². The SMILES string of the molecule is CCOc1ccc(C(C=O)=CC(F)(F)F)cc1. The second-order valence-corrected chi connectivity index (χ2v) is 3.22. The highest BCUT2D eigenvalue weighted by Crippen LogP contribution is 2.24. The number of ether oxygens (including phenoxy) is 1. The van der Waals surface area contributed by atoms with Crippen molar-refractivity contribution in [3.63, 3.8) is 0 Å². The molecule has 0 N–H and O–H groups in total. The predicted molar refractivity (Wildman–Crippen MR) is 57.7 cm³/mol. The summed E-state index contributed by atoms with van der Waals surface area (Å²) < 4.78 is 41.5. The highest BCUT2D eigenvalue weighted by atomic mass is 19.4. The molecule has 0 aliphatic carbocycles. The van der Waals surface area contributed by atoms with Crippen LogP contribution in [0.3, 0.4) is 0 Å². The molecule has 0 aliphatic rings. The summed E-state index contributed by atoms with van der Waals surface area (Å²) in [5.41, 5.74) is -0.193. The minimum absolute atomic E-state index is 0.0182. The molecule has 1 aromatic rings. The van der Waals surface area contributed by atoms with E-state index in [9.17, 15) is 18.0 Å². The molecule has 0 saturated heterocycles. The molecule has 0 bridgehead atoms. The molecule has 0 radical (unpaired) electrons. The summed E-state index contributed by atoms with van der Waals surface area (Å²) >= 11 is 0. The molecule has 0 aliphatic heterocycles. The number of hydrogen-bond donors (Lipinski definition) is 0. The first-order valence-electron chi connectivity index (χ1n) is 4.94. The second kappa shape index (κ2) is 5.52. The van der Waals surface area contributed by atoms with Crippen molar-refractivity contribution in [1.82, 2.24) is 0 Å². The van der Waals surface area contributed by atoms with Crippen molar-refractivity contribution < 1.29 is 22.7 Å². The van der Waals surface area contributed by atoms with Crippen LogP contribution in [0.4, 0.5) is 13.2 Å². The number of rotatable bonds is 4. The molecule has 0 fully saturated rings. The molecule has 0 saturated carbocycles. The van der Waals surface area contributed by atoms with E-state index in [0.717, 1.165) is 0 Å². The van der Waals surface area contributed by atoms with Gasteiger partial charge in [-0.1, -0.05) is 12.1 Å². The Balaban J connectivity index is 2.98. The van der Waals surface area contributed by atoms with Crippen LogP contribution < -0.4 is 4.74 Å². The van der Waals surface area contributed by atoms with E-state index in [1.165, 1.54) is 24.3 Å². The molecule has 0 amide bonds. The topological polar surface area (TPSA) is 26.3 Å². The van der Waals surface area contributed by atoms with Gasteiger partial charge in [0, 0.05) is 11.6 Å². The second-order valence-electron chi connectivity index (χ2n) is 3.22. The van der Waals surface area contributed by atoms with Gasteiger partial charge in [0.2, 0.25) is 0 Å². The molecule has 0 aromatic heterocycles. The number of hydrogen-bond acceptors (Lipinski definition) is 2. The van der Waals surface area contributed by atoms with Gasteiger partial charge in [-0.2, -0.15) is 13.2 Å². The molecule has 1 rings (SSSR count). The molecule has 17 heavy (non-hydrogen) atoms. The summed E-state index contributed by atoms with van der Waals surface area (Å²) in [4.78, 5) is 10.6. The lowest BCUT2D eigenvalue weighted by Gasteiger charge is -2.06. The van der Waals surface area contributed by atoms with Gasteiger partial charge in [0.1, 0.15) is 5.75 Å². The first-order valence-corrected chi connectivity index (χ1v) is 4.94. The third-order valence-electron chi connectivity index (χ3n) is 1.94. The summed E-state index contributed by atoms with van der Waals surface area (Å²) in [5, 5.41) is 0. The van der Waals surface area contributed by atoms with Crippen molar-refractivity contribution in [2.24, 2.45) is 0 Å². The van der Waals surface area contributed by atoms with Crippen LogP contribution in [0.5, 0.6) is 5.75 Å². The van der Waals surface area contributed by atoms with Gasteiger partial charge in [-0.15, -0.1) is 0 Å². The number of benzene rings is 1. The van der Waals surface area contributed by atoms with Gasteiger partial charge in [0.05, 0.1) is 6.61 Å².